The zero-order valence-corrected chi connectivity index (χ0v) is 11.2. The van der Waals surface area contributed by atoms with Gasteiger partial charge in [-0.2, -0.15) is 0 Å². The number of hydrogen-bond donors (Lipinski definition) is 2. The molecule has 0 spiro atoms. The zero-order valence-electron chi connectivity index (χ0n) is 10.3. The third-order valence-corrected chi connectivity index (χ3v) is 3.98. The molecule has 0 unspecified atom stereocenters. The van der Waals surface area contributed by atoms with Crippen LogP contribution in [0.5, 0.6) is 0 Å². The molecule has 0 amide bonds. The van der Waals surface area contributed by atoms with Gasteiger partial charge in [0.05, 0.1) is 18.1 Å². The first-order valence-electron chi connectivity index (χ1n) is 5.54. The Morgan fingerprint density at radius 3 is 2.62 bits per heavy atom. The standard InChI is InChI=1S/C12H9F2NO5S/c13-9-3-8(12(16)17)4-10(11(9)14)21(18,19)15-5-7-1-2-20-6-7/h1-4,6,15H,5H2,(H,16,17). The number of aromatic carboxylic acids is 1. The minimum atomic E-state index is -4.42. The van der Waals surface area contributed by atoms with Crippen LogP contribution >= 0.6 is 0 Å². The summed E-state index contributed by atoms with van der Waals surface area (Å²) < 4.78 is 57.5. The van der Waals surface area contributed by atoms with E-state index in [-0.39, 0.29) is 6.54 Å². The van der Waals surface area contributed by atoms with Gasteiger partial charge in [-0.05, 0) is 18.2 Å². The molecule has 0 aliphatic heterocycles. The molecule has 0 atom stereocenters. The second-order valence-electron chi connectivity index (χ2n) is 4.03. The molecule has 2 rings (SSSR count). The maximum Gasteiger partial charge on any atom is 0.335 e. The van der Waals surface area contributed by atoms with Gasteiger partial charge >= 0.3 is 5.97 Å². The molecule has 112 valence electrons. The first-order chi connectivity index (χ1) is 9.81. The second kappa shape index (κ2) is 5.62. The molecule has 1 aromatic carbocycles. The normalized spacial score (nSPS) is 11.5. The van der Waals surface area contributed by atoms with Crippen LogP contribution in [0.2, 0.25) is 0 Å². The highest BCUT2D eigenvalue weighted by molar-refractivity contribution is 7.89. The highest BCUT2D eigenvalue weighted by atomic mass is 32.2. The molecule has 2 N–H and O–H groups in total. The number of carbonyl (C=O) groups is 1. The molecular formula is C12H9F2NO5S. The average molecular weight is 317 g/mol. The van der Waals surface area contributed by atoms with E-state index in [0.29, 0.717) is 17.7 Å². The molecule has 0 bridgehead atoms. The molecule has 9 heteroatoms. The van der Waals surface area contributed by atoms with Crippen LogP contribution in [0.15, 0.2) is 40.0 Å². The van der Waals surface area contributed by atoms with Crippen molar-refractivity contribution in [3.8, 4) is 0 Å². The van der Waals surface area contributed by atoms with Crippen LogP contribution in [-0.4, -0.2) is 19.5 Å². The largest absolute Gasteiger partial charge is 0.478 e. The first kappa shape index (κ1) is 15.1. The van der Waals surface area contributed by atoms with Crippen LogP contribution in [0.4, 0.5) is 8.78 Å². The van der Waals surface area contributed by atoms with Crippen molar-refractivity contribution < 1.29 is 31.5 Å². The molecule has 2 aromatic rings. The van der Waals surface area contributed by atoms with E-state index in [4.69, 9.17) is 9.52 Å². The summed E-state index contributed by atoms with van der Waals surface area (Å²) in [5.41, 5.74) is -0.202. The summed E-state index contributed by atoms with van der Waals surface area (Å²) in [7, 11) is -4.42. The van der Waals surface area contributed by atoms with Crippen LogP contribution in [0.25, 0.3) is 0 Å². The van der Waals surface area contributed by atoms with Gasteiger partial charge in [0.25, 0.3) is 0 Å². The van der Waals surface area contributed by atoms with E-state index in [0.717, 1.165) is 0 Å². The predicted molar refractivity (Wildman–Crippen MR) is 66.1 cm³/mol. The number of hydrogen-bond acceptors (Lipinski definition) is 4. The summed E-state index contributed by atoms with van der Waals surface area (Å²) in [6, 6.07) is 2.44. The fourth-order valence-electron chi connectivity index (χ4n) is 1.53. The first-order valence-corrected chi connectivity index (χ1v) is 7.02. The molecular weight excluding hydrogens is 308 g/mol. The van der Waals surface area contributed by atoms with Crippen LogP contribution in [0.3, 0.4) is 0 Å². The minimum absolute atomic E-state index is 0.211. The third kappa shape index (κ3) is 3.26. The monoisotopic (exact) mass is 317 g/mol. The van der Waals surface area contributed by atoms with Gasteiger partial charge in [0.2, 0.25) is 10.0 Å². The van der Waals surface area contributed by atoms with E-state index in [1.807, 2.05) is 4.72 Å². The number of carboxylic acids is 1. The van der Waals surface area contributed by atoms with Gasteiger partial charge in [0, 0.05) is 12.1 Å². The Balaban J connectivity index is 2.37. The lowest BCUT2D eigenvalue weighted by atomic mass is 10.2. The van der Waals surface area contributed by atoms with Gasteiger partial charge in [-0.1, -0.05) is 0 Å². The molecule has 0 saturated heterocycles. The van der Waals surface area contributed by atoms with E-state index >= 15 is 0 Å². The van der Waals surface area contributed by atoms with Gasteiger partial charge < -0.3 is 9.52 Å². The lowest BCUT2D eigenvalue weighted by molar-refractivity contribution is 0.0696. The van der Waals surface area contributed by atoms with Crippen molar-refractivity contribution in [1.29, 1.82) is 0 Å². The van der Waals surface area contributed by atoms with Crippen molar-refractivity contribution >= 4 is 16.0 Å². The molecule has 0 aliphatic rings. The fourth-order valence-corrected chi connectivity index (χ4v) is 2.66. The van der Waals surface area contributed by atoms with Crippen LogP contribution in [-0.2, 0) is 16.6 Å². The highest BCUT2D eigenvalue weighted by Crippen LogP contribution is 2.20. The molecule has 0 aliphatic carbocycles. The zero-order chi connectivity index (χ0) is 15.6. The van der Waals surface area contributed by atoms with Crippen molar-refractivity contribution in [2.75, 3.05) is 0 Å². The lowest BCUT2D eigenvalue weighted by Crippen LogP contribution is -2.24. The lowest BCUT2D eigenvalue weighted by Gasteiger charge is -2.08. The Morgan fingerprint density at radius 1 is 1.33 bits per heavy atom. The number of benzene rings is 1. The van der Waals surface area contributed by atoms with Crippen LogP contribution in [0, 0.1) is 11.6 Å². The number of halogens is 2. The molecule has 21 heavy (non-hydrogen) atoms. The molecule has 1 heterocycles. The number of sulfonamides is 1. The molecule has 6 nitrogen and oxygen atoms in total. The highest BCUT2D eigenvalue weighted by Gasteiger charge is 2.24. The Kier molecular flexibility index (Phi) is 4.05. The van der Waals surface area contributed by atoms with E-state index in [2.05, 4.69) is 0 Å². The van der Waals surface area contributed by atoms with Crippen molar-refractivity contribution in [2.45, 2.75) is 11.4 Å². The van der Waals surface area contributed by atoms with Gasteiger partial charge in [-0.3, -0.25) is 0 Å². The van der Waals surface area contributed by atoms with E-state index in [9.17, 15) is 22.0 Å². The SMILES string of the molecule is O=C(O)c1cc(F)c(F)c(S(=O)(=O)NCc2ccoc2)c1. The van der Waals surface area contributed by atoms with Gasteiger partial charge in [-0.25, -0.2) is 26.7 Å². The smallest absolute Gasteiger partial charge is 0.335 e. The average Bonchev–Trinajstić information content (AvgIpc) is 2.92. The van der Waals surface area contributed by atoms with E-state index < -0.39 is 38.1 Å². The molecule has 0 fully saturated rings. The third-order valence-electron chi connectivity index (χ3n) is 2.58. The van der Waals surface area contributed by atoms with Crippen LogP contribution < -0.4 is 4.72 Å². The van der Waals surface area contributed by atoms with Gasteiger partial charge in [-0.15, -0.1) is 0 Å². The Hall–Kier alpha value is -2.26. The maximum absolute atomic E-state index is 13.6. The van der Waals surface area contributed by atoms with Gasteiger partial charge in [0.1, 0.15) is 4.90 Å². The summed E-state index contributed by atoms with van der Waals surface area (Å²) >= 11 is 0. The minimum Gasteiger partial charge on any atom is -0.478 e. The maximum atomic E-state index is 13.6. The number of furan rings is 1. The quantitative estimate of drug-likeness (QED) is 0.875. The Labute approximate surface area is 118 Å². The Bertz CT molecular complexity index is 771. The summed E-state index contributed by atoms with van der Waals surface area (Å²) in [6.45, 7) is -0.211. The molecule has 1 aromatic heterocycles. The number of nitrogens with one attached hydrogen (secondary N) is 1. The van der Waals surface area contributed by atoms with Crippen molar-refractivity contribution in [3.63, 3.8) is 0 Å². The topological polar surface area (TPSA) is 96.6 Å². The predicted octanol–water partition coefficient (Wildman–Crippen LogP) is 1.73. The van der Waals surface area contributed by atoms with Gasteiger partial charge in [0.15, 0.2) is 11.6 Å². The van der Waals surface area contributed by atoms with E-state index in [1.165, 1.54) is 18.6 Å². The molecule has 0 saturated carbocycles. The fraction of sp³-hybridized carbons (Fsp3) is 0.0833. The summed E-state index contributed by atoms with van der Waals surface area (Å²) in [5.74, 6) is -4.77. The Morgan fingerprint density at radius 2 is 2.05 bits per heavy atom. The van der Waals surface area contributed by atoms with Crippen molar-refractivity contribution in [2.24, 2.45) is 0 Å². The second-order valence-corrected chi connectivity index (χ2v) is 5.77. The number of carboxylic acid groups (broad SMARTS) is 1. The summed E-state index contributed by atoms with van der Waals surface area (Å²) in [6.07, 6.45) is 2.59. The summed E-state index contributed by atoms with van der Waals surface area (Å²) in [4.78, 5) is 9.71. The molecule has 0 radical (unpaired) electrons. The number of rotatable bonds is 5. The summed E-state index contributed by atoms with van der Waals surface area (Å²) in [5, 5.41) is 8.75. The van der Waals surface area contributed by atoms with Crippen molar-refractivity contribution in [1.82, 2.24) is 4.72 Å². The van der Waals surface area contributed by atoms with Crippen molar-refractivity contribution in [3.05, 3.63) is 53.5 Å². The van der Waals surface area contributed by atoms with Crippen LogP contribution in [0.1, 0.15) is 15.9 Å². The van der Waals surface area contributed by atoms with E-state index in [1.54, 1.807) is 0 Å².